The lowest BCUT2D eigenvalue weighted by atomic mass is 9.64. The molecular weight excluding hydrogens is 426 g/mol. The van der Waals surface area contributed by atoms with Crippen molar-refractivity contribution >= 4 is 17.5 Å². The molecule has 7 heteroatoms. The first-order valence-electron chi connectivity index (χ1n) is 12.2. The average Bonchev–Trinajstić information content (AvgIpc) is 3.14. The molecule has 4 rings (SSSR count). The van der Waals surface area contributed by atoms with Gasteiger partial charge in [0.05, 0.1) is 18.1 Å². The summed E-state index contributed by atoms with van der Waals surface area (Å²) in [5.74, 6) is 0.143. The van der Waals surface area contributed by atoms with Crippen LogP contribution in [0.2, 0.25) is 0 Å². The van der Waals surface area contributed by atoms with Crippen LogP contribution in [0.4, 0.5) is 5.69 Å². The predicted octanol–water partition coefficient (Wildman–Crippen LogP) is 4.08. The molecule has 2 amide bonds. The summed E-state index contributed by atoms with van der Waals surface area (Å²) in [5.41, 5.74) is 1.43. The molecule has 1 saturated carbocycles. The van der Waals surface area contributed by atoms with Crippen molar-refractivity contribution in [3.63, 3.8) is 0 Å². The molecule has 1 saturated heterocycles. The number of nitrogens with one attached hydrogen (secondary N) is 1. The van der Waals surface area contributed by atoms with Crippen molar-refractivity contribution in [1.29, 1.82) is 0 Å². The number of carbonyl (C=O) groups excluding carboxylic acids is 2. The van der Waals surface area contributed by atoms with Crippen LogP contribution < -0.4 is 5.32 Å². The molecule has 2 aromatic rings. The van der Waals surface area contributed by atoms with Gasteiger partial charge in [0.15, 0.2) is 0 Å². The Balaban J connectivity index is 1.36. The molecule has 1 N–H and O–H groups in total. The Morgan fingerprint density at radius 2 is 1.74 bits per heavy atom. The van der Waals surface area contributed by atoms with Crippen molar-refractivity contribution in [1.82, 2.24) is 19.8 Å². The lowest BCUT2D eigenvalue weighted by Crippen LogP contribution is -2.47. The fourth-order valence-corrected chi connectivity index (χ4v) is 5.65. The first kappa shape index (κ1) is 24.3. The number of amides is 2. The van der Waals surface area contributed by atoms with Crippen molar-refractivity contribution < 1.29 is 9.59 Å². The molecule has 34 heavy (non-hydrogen) atoms. The van der Waals surface area contributed by atoms with E-state index in [2.05, 4.69) is 64.6 Å². The van der Waals surface area contributed by atoms with Gasteiger partial charge in [-0.2, -0.15) is 0 Å². The largest absolute Gasteiger partial charge is 0.342 e. The number of hydrogen-bond donors (Lipinski definition) is 1. The van der Waals surface area contributed by atoms with Gasteiger partial charge in [0.1, 0.15) is 6.33 Å². The Kier molecular flexibility index (Phi) is 6.76. The minimum atomic E-state index is -0.605. The van der Waals surface area contributed by atoms with Gasteiger partial charge < -0.3 is 10.2 Å². The third kappa shape index (κ3) is 4.85. The van der Waals surface area contributed by atoms with Crippen LogP contribution in [0.3, 0.4) is 0 Å². The van der Waals surface area contributed by atoms with Crippen LogP contribution in [0.5, 0.6) is 0 Å². The molecule has 0 bridgehead atoms. The summed E-state index contributed by atoms with van der Waals surface area (Å²) in [4.78, 5) is 38.0. The maximum absolute atomic E-state index is 13.0. The molecule has 1 aromatic heterocycles. The van der Waals surface area contributed by atoms with Gasteiger partial charge in [-0.05, 0) is 57.2 Å². The fraction of sp³-hybridized carbons (Fsp3) is 0.556. The van der Waals surface area contributed by atoms with Crippen molar-refractivity contribution in [3.05, 3.63) is 54.6 Å². The highest BCUT2D eigenvalue weighted by atomic mass is 16.2. The van der Waals surface area contributed by atoms with Gasteiger partial charge in [0.25, 0.3) is 0 Å². The summed E-state index contributed by atoms with van der Waals surface area (Å²) in [6, 6.07) is 10.8. The average molecular weight is 464 g/mol. The third-order valence-corrected chi connectivity index (χ3v) is 8.15. The second kappa shape index (κ2) is 9.45. The molecule has 0 radical (unpaired) electrons. The molecule has 182 valence electrons. The van der Waals surface area contributed by atoms with Crippen molar-refractivity contribution in [2.24, 2.45) is 10.8 Å². The second-order valence-electron chi connectivity index (χ2n) is 11.0. The van der Waals surface area contributed by atoms with Crippen molar-refractivity contribution in [2.75, 3.05) is 32.5 Å². The van der Waals surface area contributed by atoms with Gasteiger partial charge in [0, 0.05) is 30.5 Å². The number of carbonyl (C=O) groups is 2. The van der Waals surface area contributed by atoms with Gasteiger partial charge in [0.2, 0.25) is 11.8 Å². The van der Waals surface area contributed by atoms with E-state index in [9.17, 15) is 9.59 Å². The molecule has 1 aliphatic heterocycles. The predicted molar refractivity (Wildman–Crippen MR) is 133 cm³/mol. The van der Waals surface area contributed by atoms with E-state index in [0.29, 0.717) is 25.1 Å². The van der Waals surface area contributed by atoms with E-state index < -0.39 is 5.41 Å². The Bertz CT molecular complexity index is 998. The zero-order valence-electron chi connectivity index (χ0n) is 20.9. The maximum Gasteiger partial charge on any atom is 0.230 e. The number of anilines is 1. The number of aromatic nitrogens is 2. The van der Waals surface area contributed by atoms with Gasteiger partial charge in [-0.3, -0.25) is 14.5 Å². The Hall–Kier alpha value is -2.80. The molecule has 7 nitrogen and oxygen atoms in total. The second-order valence-corrected chi connectivity index (χ2v) is 11.0. The Morgan fingerprint density at radius 3 is 2.35 bits per heavy atom. The van der Waals surface area contributed by atoms with E-state index in [1.807, 2.05) is 18.7 Å². The summed E-state index contributed by atoms with van der Waals surface area (Å²) in [7, 11) is 4.34. The molecular formula is C27H37N5O2. The van der Waals surface area contributed by atoms with E-state index in [-0.39, 0.29) is 22.8 Å². The van der Waals surface area contributed by atoms with Gasteiger partial charge in [-0.25, -0.2) is 9.97 Å². The standard InChI is InChI=1S/C27H37N5O2/c1-25(2,24(34)30-22-17-28-20-29-18-22)14-15-32-19-26(16-23(32)33)10-12-27(13-11-26,31(3)4)21-8-6-5-7-9-21/h5-9,17-18,20H,10-16,19H2,1-4H3,(H,30,34)/t26-,27-. The topological polar surface area (TPSA) is 78.4 Å². The highest BCUT2D eigenvalue weighted by molar-refractivity contribution is 5.94. The molecule has 1 aromatic carbocycles. The first-order valence-corrected chi connectivity index (χ1v) is 12.2. The molecule has 1 aliphatic carbocycles. The number of benzene rings is 1. The number of likely N-dealkylation sites (tertiary alicyclic amines) is 1. The zero-order chi connectivity index (χ0) is 24.4. The van der Waals surface area contributed by atoms with Crippen LogP contribution in [-0.4, -0.2) is 58.8 Å². The van der Waals surface area contributed by atoms with Gasteiger partial charge >= 0.3 is 0 Å². The highest BCUT2D eigenvalue weighted by Crippen LogP contribution is 2.52. The van der Waals surface area contributed by atoms with Crippen LogP contribution in [-0.2, 0) is 15.1 Å². The van der Waals surface area contributed by atoms with Crippen LogP contribution >= 0.6 is 0 Å². The van der Waals surface area contributed by atoms with Gasteiger partial charge in [-0.1, -0.05) is 44.2 Å². The fourth-order valence-electron chi connectivity index (χ4n) is 5.65. The maximum atomic E-state index is 13.0. The summed E-state index contributed by atoms with van der Waals surface area (Å²) in [6.45, 7) is 5.25. The van der Waals surface area contributed by atoms with E-state index in [1.54, 1.807) is 12.4 Å². The minimum absolute atomic E-state index is 0.0320. The van der Waals surface area contributed by atoms with E-state index >= 15 is 0 Å². The van der Waals surface area contributed by atoms with Crippen molar-refractivity contribution in [3.8, 4) is 0 Å². The van der Waals surface area contributed by atoms with E-state index in [0.717, 1.165) is 32.2 Å². The smallest absolute Gasteiger partial charge is 0.230 e. The molecule has 0 unspecified atom stereocenters. The number of hydrogen-bond acceptors (Lipinski definition) is 5. The van der Waals surface area contributed by atoms with E-state index in [4.69, 9.17) is 0 Å². The van der Waals surface area contributed by atoms with Crippen LogP contribution in [0.1, 0.15) is 57.9 Å². The quantitative estimate of drug-likeness (QED) is 0.669. The Morgan fingerprint density at radius 1 is 1.09 bits per heavy atom. The van der Waals surface area contributed by atoms with Crippen molar-refractivity contribution in [2.45, 2.75) is 57.9 Å². The first-order chi connectivity index (χ1) is 16.2. The summed E-state index contributed by atoms with van der Waals surface area (Å²) in [5, 5.41) is 2.89. The molecule has 0 atom stereocenters. The zero-order valence-corrected chi connectivity index (χ0v) is 20.9. The van der Waals surface area contributed by atoms with Crippen LogP contribution in [0, 0.1) is 10.8 Å². The molecule has 1 spiro atoms. The molecule has 2 aliphatic rings. The third-order valence-electron chi connectivity index (χ3n) is 8.15. The molecule has 2 fully saturated rings. The summed E-state index contributed by atoms with van der Waals surface area (Å²) < 4.78 is 0. The van der Waals surface area contributed by atoms with E-state index in [1.165, 1.54) is 11.9 Å². The highest BCUT2D eigenvalue weighted by Gasteiger charge is 2.50. The normalized spacial score (nSPS) is 25.2. The van der Waals surface area contributed by atoms with Crippen LogP contribution in [0.25, 0.3) is 0 Å². The van der Waals surface area contributed by atoms with Gasteiger partial charge in [-0.15, -0.1) is 0 Å². The molecule has 2 heterocycles. The summed E-state index contributed by atoms with van der Waals surface area (Å²) >= 11 is 0. The monoisotopic (exact) mass is 463 g/mol. The lowest BCUT2D eigenvalue weighted by Gasteiger charge is -2.49. The summed E-state index contributed by atoms with van der Waals surface area (Å²) in [6.07, 6.45) is 10.0. The Labute approximate surface area is 203 Å². The SMILES string of the molecule is CN(C)[C@]1(c2ccccc2)CC[C@@]2(CC1)CC(=O)N(CCC(C)(C)C(=O)Nc1cncnc1)C2. The lowest BCUT2D eigenvalue weighted by molar-refractivity contribution is -0.130. The minimum Gasteiger partial charge on any atom is -0.342 e. The van der Waals surface area contributed by atoms with Crippen LogP contribution in [0.15, 0.2) is 49.1 Å². The number of rotatable bonds is 7. The number of nitrogens with zero attached hydrogens (tertiary/aromatic N) is 4.